The third-order valence-electron chi connectivity index (χ3n) is 7.44. The number of aldehydes is 1. The first-order valence-electron chi connectivity index (χ1n) is 12.7. The van der Waals surface area contributed by atoms with Crippen LogP contribution in [0.3, 0.4) is 0 Å². The number of rotatable bonds is 8. The molecule has 1 aliphatic carbocycles. The van der Waals surface area contributed by atoms with Crippen LogP contribution < -0.4 is 15.0 Å². The Kier molecular flexibility index (Phi) is 7.46. The first kappa shape index (κ1) is 26.9. The number of aliphatic hydroxyl groups excluding tert-OH is 1. The quantitative estimate of drug-likeness (QED) is 0.375. The Labute approximate surface area is 224 Å². The monoisotopic (exact) mass is 539 g/mol. The molecule has 6 rings (SSSR count). The first-order chi connectivity index (χ1) is 18.8. The van der Waals surface area contributed by atoms with Gasteiger partial charge < -0.3 is 19.5 Å². The Morgan fingerprint density at radius 3 is 2.85 bits per heavy atom. The van der Waals surface area contributed by atoms with Crippen LogP contribution in [0.15, 0.2) is 18.3 Å². The molecule has 1 saturated heterocycles. The molecule has 1 saturated carbocycles. The zero-order valence-corrected chi connectivity index (χ0v) is 21.8. The summed E-state index contributed by atoms with van der Waals surface area (Å²) in [5.41, 5.74) is -0.602. The van der Waals surface area contributed by atoms with Gasteiger partial charge in [-0.1, -0.05) is 0 Å². The topological polar surface area (TPSA) is 144 Å². The number of nitrogens with one attached hydrogen (secondary N) is 1. The van der Waals surface area contributed by atoms with Crippen LogP contribution in [0.4, 0.5) is 20.8 Å². The van der Waals surface area contributed by atoms with Crippen molar-refractivity contribution in [2.75, 3.05) is 57.2 Å². The second-order valence-corrected chi connectivity index (χ2v) is 10.1. The number of pyridine rings is 2. The molecule has 206 valence electrons. The van der Waals surface area contributed by atoms with E-state index in [1.807, 2.05) is 22.9 Å². The molecule has 1 unspecified atom stereocenters. The number of amides is 2. The zero-order valence-electron chi connectivity index (χ0n) is 21.8. The fourth-order valence-corrected chi connectivity index (χ4v) is 5.28. The molecule has 0 spiro atoms. The van der Waals surface area contributed by atoms with Crippen LogP contribution in [-0.4, -0.2) is 96.5 Å². The van der Waals surface area contributed by atoms with Crippen molar-refractivity contribution in [1.82, 2.24) is 19.8 Å². The number of piperazine rings is 1. The number of nitrogens with zero attached hydrogens (tertiary/aromatic N) is 6. The number of halogens is 1. The summed E-state index contributed by atoms with van der Waals surface area (Å²) in [6, 6.07) is 4.01. The fourth-order valence-electron chi connectivity index (χ4n) is 5.28. The summed E-state index contributed by atoms with van der Waals surface area (Å²) in [5.74, 6) is 0.468. The molecule has 3 aliphatic heterocycles. The van der Waals surface area contributed by atoms with Gasteiger partial charge in [-0.2, -0.15) is 5.26 Å². The van der Waals surface area contributed by atoms with Gasteiger partial charge in [0.1, 0.15) is 53.2 Å². The van der Waals surface area contributed by atoms with Crippen molar-refractivity contribution in [3.8, 4) is 11.8 Å². The lowest BCUT2D eigenvalue weighted by atomic mass is 9.68. The Morgan fingerprint density at radius 2 is 2.15 bits per heavy atom. The average molecular weight is 540 g/mol. The summed E-state index contributed by atoms with van der Waals surface area (Å²) in [7, 11) is 3.44. The molecule has 13 heteroatoms. The van der Waals surface area contributed by atoms with Crippen LogP contribution in [0.5, 0.6) is 5.75 Å². The number of hydrogen-bond donors (Lipinski definition) is 2. The van der Waals surface area contributed by atoms with Crippen LogP contribution in [0.1, 0.15) is 40.0 Å². The van der Waals surface area contributed by atoms with Gasteiger partial charge in [0.2, 0.25) is 0 Å². The van der Waals surface area contributed by atoms with Crippen molar-refractivity contribution >= 4 is 24.0 Å². The maximum Gasteiger partial charge on any atom is 0.328 e. The lowest BCUT2D eigenvalue weighted by Crippen LogP contribution is -2.60. The van der Waals surface area contributed by atoms with Crippen molar-refractivity contribution in [1.29, 1.82) is 5.26 Å². The number of β-amino-alcohol motifs (C(OH)–C–C–N with tert-alkyl or cyclic N) is 1. The third-order valence-corrected chi connectivity index (χ3v) is 7.44. The van der Waals surface area contributed by atoms with E-state index in [1.165, 1.54) is 24.3 Å². The molecular formula is C26H30FN7O5. The van der Waals surface area contributed by atoms with E-state index in [0.717, 1.165) is 6.54 Å². The van der Waals surface area contributed by atoms with Gasteiger partial charge in [-0.05, 0) is 18.7 Å². The van der Waals surface area contributed by atoms with Gasteiger partial charge in [-0.25, -0.2) is 19.2 Å². The van der Waals surface area contributed by atoms with Gasteiger partial charge in [-0.15, -0.1) is 0 Å². The molecule has 0 radical (unpaired) electrons. The van der Waals surface area contributed by atoms with E-state index in [2.05, 4.69) is 15.3 Å². The van der Waals surface area contributed by atoms with E-state index >= 15 is 4.39 Å². The van der Waals surface area contributed by atoms with Crippen LogP contribution >= 0.6 is 0 Å². The summed E-state index contributed by atoms with van der Waals surface area (Å²) in [4.78, 5) is 39.2. The standard InChI is InChI=1S/C26H30FN7O5/c1-32-3-4-33(23(36)14-32)13-16-7-19-24(30-20(16)15-35)34(18-9-26(19,27)10-18)25(37)31-22-8-21(39-6-5-38-2)17(11-28)12-29-22/h7-8,12,15,18,23,36H,3-6,9-10,13-14H2,1-2H3,(H,29,31,37). The fraction of sp³-hybridized carbons (Fsp3) is 0.500. The number of carbonyl (C=O) groups excluding carboxylic acids is 2. The van der Waals surface area contributed by atoms with E-state index in [1.54, 1.807) is 6.07 Å². The number of urea groups is 1. The van der Waals surface area contributed by atoms with Crippen molar-refractivity contribution in [2.24, 2.45) is 0 Å². The van der Waals surface area contributed by atoms with E-state index in [9.17, 15) is 20.0 Å². The van der Waals surface area contributed by atoms with Gasteiger partial charge >= 0.3 is 6.03 Å². The van der Waals surface area contributed by atoms with Crippen LogP contribution in [0, 0.1) is 11.3 Å². The van der Waals surface area contributed by atoms with Gasteiger partial charge in [0, 0.05) is 63.8 Å². The zero-order chi connectivity index (χ0) is 27.7. The minimum Gasteiger partial charge on any atom is -0.490 e. The first-order valence-corrected chi connectivity index (χ1v) is 12.7. The number of carbonyl (C=O) groups is 2. The minimum absolute atomic E-state index is 0.0903. The van der Waals surface area contributed by atoms with E-state index in [-0.39, 0.29) is 60.2 Å². The number of likely N-dealkylation sites (N-methyl/N-ethyl adjacent to an activating group) is 1. The number of methoxy groups -OCH3 is 1. The molecular weight excluding hydrogens is 509 g/mol. The number of anilines is 2. The highest BCUT2D eigenvalue weighted by Gasteiger charge is 2.57. The number of ether oxygens (including phenoxy) is 2. The number of aromatic nitrogens is 2. The predicted molar refractivity (Wildman–Crippen MR) is 137 cm³/mol. The molecule has 2 aromatic heterocycles. The summed E-state index contributed by atoms with van der Waals surface area (Å²) in [5, 5.41) is 22.5. The Morgan fingerprint density at radius 1 is 1.36 bits per heavy atom. The third kappa shape index (κ3) is 5.16. The summed E-state index contributed by atoms with van der Waals surface area (Å²) in [6.45, 7) is 2.54. The lowest BCUT2D eigenvalue weighted by Gasteiger charge is -2.52. The maximum atomic E-state index is 15.8. The van der Waals surface area contributed by atoms with Gasteiger partial charge in [-0.3, -0.25) is 19.9 Å². The smallest absolute Gasteiger partial charge is 0.328 e. The summed E-state index contributed by atoms with van der Waals surface area (Å²) in [6.07, 6.45) is 1.37. The van der Waals surface area contributed by atoms with Gasteiger partial charge in [0.05, 0.1) is 12.8 Å². The molecule has 4 aliphatic rings. The highest BCUT2D eigenvalue weighted by Crippen LogP contribution is 2.56. The highest BCUT2D eigenvalue weighted by atomic mass is 19.1. The molecule has 1 atom stereocenters. The van der Waals surface area contributed by atoms with E-state index in [4.69, 9.17) is 9.47 Å². The second-order valence-electron chi connectivity index (χ2n) is 10.1. The van der Waals surface area contributed by atoms with Gasteiger partial charge in [0.15, 0.2) is 6.29 Å². The SMILES string of the molecule is COCCOc1cc(NC(=O)N2c3nc(C=O)c(CN4CCN(C)CC4O)cc3C3(F)CC2C3)ncc1C#N. The van der Waals surface area contributed by atoms with Crippen molar-refractivity contribution < 1.29 is 28.6 Å². The molecule has 12 nitrogen and oxygen atoms in total. The molecule has 2 N–H and O–H groups in total. The van der Waals surface area contributed by atoms with Crippen LogP contribution in [0.25, 0.3) is 0 Å². The van der Waals surface area contributed by atoms with Gasteiger partial charge in [0.25, 0.3) is 0 Å². The molecule has 2 aromatic rings. The molecule has 2 amide bonds. The Hall–Kier alpha value is -3.70. The second kappa shape index (κ2) is 10.8. The number of hydrogen-bond acceptors (Lipinski definition) is 10. The molecule has 5 heterocycles. The molecule has 2 fully saturated rings. The highest BCUT2D eigenvalue weighted by molar-refractivity contribution is 6.03. The van der Waals surface area contributed by atoms with Crippen molar-refractivity contribution in [3.63, 3.8) is 0 Å². The average Bonchev–Trinajstić information content (AvgIpc) is 2.89. The van der Waals surface area contributed by atoms with Crippen molar-refractivity contribution in [2.45, 2.75) is 37.3 Å². The van der Waals surface area contributed by atoms with E-state index in [0.29, 0.717) is 31.5 Å². The van der Waals surface area contributed by atoms with Crippen LogP contribution in [-0.2, 0) is 17.0 Å². The van der Waals surface area contributed by atoms with E-state index < -0.39 is 24.0 Å². The Bertz CT molecular complexity index is 1310. The summed E-state index contributed by atoms with van der Waals surface area (Å²) < 4.78 is 26.3. The maximum absolute atomic E-state index is 15.8. The lowest BCUT2D eigenvalue weighted by molar-refractivity contribution is -0.0539. The molecule has 2 bridgehead atoms. The number of alkyl halides is 1. The van der Waals surface area contributed by atoms with Crippen molar-refractivity contribution in [3.05, 3.63) is 40.7 Å². The number of nitriles is 1. The molecule has 39 heavy (non-hydrogen) atoms. The number of aliphatic hydroxyl groups is 1. The largest absolute Gasteiger partial charge is 0.490 e. The predicted octanol–water partition coefficient (Wildman–Crippen LogP) is 1.63. The minimum atomic E-state index is -1.64. The summed E-state index contributed by atoms with van der Waals surface area (Å²) >= 11 is 0. The Balaban J connectivity index is 1.41. The molecule has 0 aromatic carbocycles. The normalized spacial score (nSPS) is 24.3. The van der Waals surface area contributed by atoms with Crippen LogP contribution in [0.2, 0.25) is 0 Å².